The van der Waals surface area contributed by atoms with Crippen LogP contribution in [-0.4, -0.2) is 15.8 Å². The van der Waals surface area contributed by atoms with Gasteiger partial charge >= 0.3 is 0 Å². The van der Waals surface area contributed by atoms with Crippen molar-refractivity contribution in [3.63, 3.8) is 0 Å². The molecule has 3 nitrogen and oxygen atoms in total. The molecule has 1 fully saturated rings. The van der Waals surface area contributed by atoms with Crippen LogP contribution in [0.15, 0.2) is 4.47 Å². The molecule has 1 saturated carbocycles. The molecular weight excluding hydrogens is 326 g/mol. The summed E-state index contributed by atoms with van der Waals surface area (Å²) in [6, 6.07) is 1.15. The molecule has 0 aromatic carbocycles. The second kappa shape index (κ2) is 6.72. The van der Waals surface area contributed by atoms with Crippen molar-refractivity contribution in [2.75, 3.05) is 5.32 Å². The maximum Gasteiger partial charge on any atom is 0.139 e. The highest BCUT2D eigenvalue weighted by atomic mass is 79.9. The lowest BCUT2D eigenvalue weighted by molar-refractivity contribution is 0.358. The Morgan fingerprint density at radius 2 is 1.86 bits per heavy atom. The second-order valence-corrected chi connectivity index (χ2v) is 7.52. The molecule has 1 aromatic heterocycles. The fourth-order valence-electron chi connectivity index (χ4n) is 3.93. The summed E-state index contributed by atoms with van der Waals surface area (Å²) in [7, 11) is 0. The van der Waals surface area contributed by atoms with Crippen LogP contribution in [0.3, 0.4) is 0 Å². The van der Waals surface area contributed by atoms with Gasteiger partial charge < -0.3 is 5.32 Å². The summed E-state index contributed by atoms with van der Waals surface area (Å²) in [5, 5.41) is 8.75. The summed E-state index contributed by atoms with van der Waals surface area (Å²) < 4.78 is 3.52. The van der Waals surface area contributed by atoms with Gasteiger partial charge in [-0.25, -0.2) is 4.68 Å². The van der Waals surface area contributed by atoms with E-state index in [1.165, 1.54) is 73.8 Å². The Morgan fingerprint density at radius 1 is 1.14 bits per heavy atom. The quantitative estimate of drug-likeness (QED) is 0.713. The number of halogens is 1. The molecule has 3 rings (SSSR count). The predicted octanol–water partition coefficient (Wildman–Crippen LogP) is 5.63. The molecule has 0 bridgehead atoms. The molecule has 2 atom stereocenters. The third-order valence-electron chi connectivity index (χ3n) is 5.33. The zero-order chi connectivity index (χ0) is 14.8. The molecule has 2 aliphatic rings. The molecule has 4 heteroatoms. The van der Waals surface area contributed by atoms with Crippen LogP contribution in [0.25, 0.3) is 0 Å². The number of fused-ring (bicyclic) bond motifs is 1. The Morgan fingerprint density at radius 3 is 2.48 bits per heavy atom. The highest BCUT2D eigenvalue weighted by Gasteiger charge is 2.31. The first kappa shape index (κ1) is 15.4. The maximum atomic E-state index is 5.04. The Labute approximate surface area is 137 Å². The van der Waals surface area contributed by atoms with Gasteiger partial charge in [0.1, 0.15) is 5.82 Å². The number of rotatable bonds is 3. The number of hydrogen-bond acceptors (Lipinski definition) is 2. The summed E-state index contributed by atoms with van der Waals surface area (Å²) >= 11 is 3.87. The summed E-state index contributed by atoms with van der Waals surface area (Å²) in [5.74, 6) is 1.89. The van der Waals surface area contributed by atoms with Gasteiger partial charge in [-0.15, -0.1) is 0 Å². The molecule has 1 N–H and O–H groups in total. The first-order valence-corrected chi connectivity index (χ1v) is 9.58. The lowest BCUT2D eigenvalue weighted by atomic mass is 9.96. The average molecular weight is 354 g/mol. The van der Waals surface area contributed by atoms with Gasteiger partial charge in [0.05, 0.1) is 16.2 Å². The van der Waals surface area contributed by atoms with E-state index in [1.807, 2.05) is 0 Å². The molecule has 2 heterocycles. The van der Waals surface area contributed by atoms with Crippen LogP contribution >= 0.6 is 15.9 Å². The van der Waals surface area contributed by atoms with E-state index in [4.69, 9.17) is 5.10 Å². The van der Waals surface area contributed by atoms with Crippen molar-refractivity contribution in [2.45, 2.75) is 89.6 Å². The first-order valence-electron chi connectivity index (χ1n) is 8.79. The number of nitrogens with one attached hydrogen (secondary N) is 1. The number of nitrogens with zero attached hydrogens (tertiary/aromatic N) is 2. The van der Waals surface area contributed by atoms with Crippen LogP contribution in [0.4, 0.5) is 5.82 Å². The summed E-state index contributed by atoms with van der Waals surface area (Å²) in [6.07, 6.45) is 11.7. The Kier molecular flexibility index (Phi) is 4.92. The van der Waals surface area contributed by atoms with Gasteiger partial charge in [0.15, 0.2) is 0 Å². The highest BCUT2D eigenvalue weighted by molar-refractivity contribution is 9.10. The Bertz CT molecular complexity index is 475. The van der Waals surface area contributed by atoms with Crippen LogP contribution in [0, 0.1) is 0 Å². The minimum atomic E-state index is 0.557. The third-order valence-corrected chi connectivity index (χ3v) is 6.11. The topological polar surface area (TPSA) is 29.9 Å². The van der Waals surface area contributed by atoms with Gasteiger partial charge in [0.2, 0.25) is 0 Å². The van der Waals surface area contributed by atoms with Gasteiger partial charge in [0, 0.05) is 12.0 Å². The van der Waals surface area contributed by atoms with E-state index in [-0.39, 0.29) is 0 Å². The lowest BCUT2D eigenvalue weighted by Gasteiger charge is -2.31. The van der Waals surface area contributed by atoms with Gasteiger partial charge in [-0.3, -0.25) is 0 Å². The SMILES string of the molecule is CCC1CC(CC)n2nc(C3CCCCCC3)c(Br)c2N1. The van der Waals surface area contributed by atoms with E-state index in [0.29, 0.717) is 18.0 Å². The molecule has 21 heavy (non-hydrogen) atoms. The number of hydrogen-bond donors (Lipinski definition) is 1. The van der Waals surface area contributed by atoms with Gasteiger partial charge in [-0.05, 0) is 48.0 Å². The molecular formula is C17H28BrN3. The summed E-state index contributed by atoms with van der Waals surface area (Å²) in [6.45, 7) is 4.56. The third kappa shape index (κ3) is 3.01. The van der Waals surface area contributed by atoms with E-state index in [0.717, 1.165) is 0 Å². The smallest absolute Gasteiger partial charge is 0.139 e. The van der Waals surface area contributed by atoms with Crippen molar-refractivity contribution >= 4 is 21.7 Å². The lowest BCUT2D eigenvalue weighted by Crippen LogP contribution is -2.31. The van der Waals surface area contributed by atoms with Crippen LogP contribution in [-0.2, 0) is 0 Å². The van der Waals surface area contributed by atoms with Gasteiger partial charge in [-0.2, -0.15) is 5.10 Å². The van der Waals surface area contributed by atoms with Crippen molar-refractivity contribution in [2.24, 2.45) is 0 Å². The molecule has 0 amide bonds. The fourth-order valence-corrected chi connectivity index (χ4v) is 4.63. The fraction of sp³-hybridized carbons (Fsp3) is 0.824. The first-order chi connectivity index (χ1) is 10.2. The maximum absolute atomic E-state index is 5.04. The molecule has 1 aliphatic heterocycles. The van der Waals surface area contributed by atoms with Crippen LogP contribution in [0.1, 0.15) is 89.3 Å². The zero-order valence-corrected chi connectivity index (χ0v) is 15.0. The van der Waals surface area contributed by atoms with Crippen molar-refractivity contribution < 1.29 is 0 Å². The molecule has 0 spiro atoms. The Hall–Kier alpha value is -0.510. The van der Waals surface area contributed by atoms with Crippen molar-refractivity contribution in [1.29, 1.82) is 0 Å². The molecule has 1 aliphatic carbocycles. The average Bonchev–Trinajstić information content (AvgIpc) is 2.71. The van der Waals surface area contributed by atoms with E-state index < -0.39 is 0 Å². The molecule has 0 radical (unpaired) electrons. The van der Waals surface area contributed by atoms with E-state index in [1.54, 1.807) is 0 Å². The van der Waals surface area contributed by atoms with E-state index in [2.05, 4.69) is 39.8 Å². The molecule has 118 valence electrons. The summed E-state index contributed by atoms with van der Waals surface area (Å²) in [5.41, 5.74) is 1.31. The second-order valence-electron chi connectivity index (χ2n) is 6.73. The van der Waals surface area contributed by atoms with Crippen molar-refractivity contribution in [3.05, 3.63) is 10.2 Å². The number of anilines is 1. The van der Waals surface area contributed by atoms with Crippen LogP contribution in [0.5, 0.6) is 0 Å². The summed E-state index contributed by atoms with van der Waals surface area (Å²) in [4.78, 5) is 0. The van der Waals surface area contributed by atoms with Crippen molar-refractivity contribution in [1.82, 2.24) is 9.78 Å². The zero-order valence-electron chi connectivity index (χ0n) is 13.4. The predicted molar refractivity (Wildman–Crippen MR) is 92.0 cm³/mol. The number of aromatic nitrogens is 2. The van der Waals surface area contributed by atoms with Gasteiger partial charge in [0.25, 0.3) is 0 Å². The van der Waals surface area contributed by atoms with E-state index >= 15 is 0 Å². The minimum Gasteiger partial charge on any atom is -0.367 e. The van der Waals surface area contributed by atoms with E-state index in [9.17, 15) is 0 Å². The molecule has 1 aromatic rings. The standard InChI is InChI=1S/C17H28BrN3/c1-3-13-11-14(4-2)21-17(19-13)15(18)16(20-21)12-9-7-5-6-8-10-12/h12-14,19H,3-11H2,1-2H3. The normalized spacial score (nSPS) is 27.0. The largest absolute Gasteiger partial charge is 0.367 e. The highest BCUT2D eigenvalue weighted by Crippen LogP contribution is 2.42. The van der Waals surface area contributed by atoms with Crippen LogP contribution < -0.4 is 5.32 Å². The molecule has 0 saturated heterocycles. The van der Waals surface area contributed by atoms with Gasteiger partial charge in [-0.1, -0.05) is 39.5 Å². The monoisotopic (exact) mass is 353 g/mol. The van der Waals surface area contributed by atoms with Crippen LogP contribution in [0.2, 0.25) is 0 Å². The Balaban J connectivity index is 1.92. The minimum absolute atomic E-state index is 0.557. The van der Waals surface area contributed by atoms with Crippen molar-refractivity contribution in [3.8, 4) is 0 Å². The molecule has 2 unspecified atom stereocenters.